The number of ether oxygens (including phenoxy) is 1. The lowest BCUT2D eigenvalue weighted by atomic mass is 10.0. The summed E-state index contributed by atoms with van der Waals surface area (Å²) >= 11 is 0. The van der Waals surface area contributed by atoms with Crippen molar-refractivity contribution in [3.05, 3.63) is 96.1 Å². The third kappa shape index (κ3) is 9.56. The van der Waals surface area contributed by atoms with E-state index in [1.54, 1.807) is 54.6 Å². The number of benzene rings is 3. The molecule has 4 aromatic rings. The number of piperazine rings is 1. The first-order valence-electron chi connectivity index (χ1n) is 19.0. The molecule has 59 heavy (non-hydrogen) atoms. The Kier molecular flexibility index (Phi) is 12.0. The van der Waals surface area contributed by atoms with Crippen LogP contribution in [0, 0.1) is 0 Å². The Morgan fingerprint density at radius 2 is 1.61 bits per heavy atom. The number of fused-ring (bicyclic) bond motifs is 1. The lowest BCUT2D eigenvalue weighted by Gasteiger charge is -2.36. The van der Waals surface area contributed by atoms with Crippen LogP contribution in [0.5, 0.6) is 0 Å². The molecule has 1 atom stereocenters. The summed E-state index contributed by atoms with van der Waals surface area (Å²) in [5, 5.41) is 8.43. The van der Waals surface area contributed by atoms with Gasteiger partial charge in [-0.1, -0.05) is 18.2 Å². The molecule has 1 aromatic heterocycles. The molecular weight excluding hydrogens is 779 g/mol. The number of guanidine groups is 1. The van der Waals surface area contributed by atoms with Crippen LogP contribution in [-0.2, 0) is 29.0 Å². The van der Waals surface area contributed by atoms with Gasteiger partial charge in [0.05, 0.1) is 41.4 Å². The molecular formula is C41H43N9O8S. The van der Waals surface area contributed by atoms with Crippen LogP contribution in [0.25, 0.3) is 11.3 Å². The van der Waals surface area contributed by atoms with Crippen molar-refractivity contribution in [1.82, 2.24) is 20.1 Å². The molecule has 0 saturated carbocycles. The standard InChI is InChI=1S/C41H43N9O8S/c1-59(56,57)30-12-5-26(6-13-30)33-3-2-4-35(45-33)46-41(42)44-27-7-10-29(11-8-27)48-19-21-49(22-20-48)37(52)17-23-58-24-18-43-28-9-14-31-32(25-28)40(55)50(39(31)54)34-15-16-36(51)47-38(34)53/h2-14,25,34,43H,15-24H2,1H3,(H,47,51,53)(H3,42,44,45,46). The van der Waals surface area contributed by atoms with Gasteiger partial charge < -0.3 is 30.9 Å². The molecule has 3 aromatic carbocycles. The van der Waals surface area contributed by atoms with Crippen molar-refractivity contribution in [2.45, 2.75) is 30.2 Å². The number of aromatic nitrogens is 1. The highest BCUT2D eigenvalue weighted by molar-refractivity contribution is 7.90. The molecule has 17 nitrogen and oxygen atoms in total. The summed E-state index contributed by atoms with van der Waals surface area (Å²) in [7, 11) is -3.30. The summed E-state index contributed by atoms with van der Waals surface area (Å²) in [6.07, 6.45) is 1.55. The molecule has 0 bridgehead atoms. The van der Waals surface area contributed by atoms with Gasteiger partial charge in [-0.3, -0.25) is 34.2 Å². The quantitative estimate of drug-likeness (QED) is 0.0660. The van der Waals surface area contributed by atoms with Crippen LogP contribution in [0.3, 0.4) is 0 Å². The third-order valence-electron chi connectivity index (χ3n) is 10.2. The Balaban J connectivity index is 0.805. The van der Waals surface area contributed by atoms with E-state index in [9.17, 15) is 32.4 Å². The van der Waals surface area contributed by atoms with Crippen molar-refractivity contribution in [3.8, 4) is 11.3 Å². The van der Waals surface area contributed by atoms with Crippen molar-refractivity contribution in [2.24, 2.45) is 10.7 Å². The second-order valence-electron chi connectivity index (χ2n) is 14.2. The van der Waals surface area contributed by atoms with Crippen LogP contribution in [0.2, 0.25) is 0 Å². The molecule has 7 rings (SSSR count). The average molecular weight is 822 g/mol. The van der Waals surface area contributed by atoms with E-state index >= 15 is 0 Å². The number of imide groups is 2. The fourth-order valence-electron chi connectivity index (χ4n) is 7.06. The highest BCUT2D eigenvalue weighted by Crippen LogP contribution is 2.30. The summed E-state index contributed by atoms with van der Waals surface area (Å²) in [6.45, 7) is 3.46. The third-order valence-corrected chi connectivity index (χ3v) is 11.3. The predicted molar refractivity (Wildman–Crippen MR) is 220 cm³/mol. The fourth-order valence-corrected chi connectivity index (χ4v) is 7.69. The van der Waals surface area contributed by atoms with Crippen molar-refractivity contribution in [3.63, 3.8) is 0 Å². The van der Waals surface area contributed by atoms with E-state index in [2.05, 4.69) is 30.8 Å². The summed E-state index contributed by atoms with van der Waals surface area (Å²) in [5.74, 6) is -1.66. The van der Waals surface area contributed by atoms with Gasteiger partial charge in [-0.05, 0) is 73.2 Å². The number of hydrogen-bond acceptors (Lipinski definition) is 12. The molecule has 18 heteroatoms. The van der Waals surface area contributed by atoms with Gasteiger partial charge in [0.2, 0.25) is 17.7 Å². The number of piperidine rings is 1. The Morgan fingerprint density at radius 1 is 0.898 bits per heavy atom. The van der Waals surface area contributed by atoms with Crippen molar-refractivity contribution < 1.29 is 37.1 Å². The van der Waals surface area contributed by atoms with Crippen molar-refractivity contribution in [2.75, 3.05) is 67.7 Å². The highest BCUT2D eigenvalue weighted by Gasteiger charge is 2.44. The van der Waals surface area contributed by atoms with Gasteiger partial charge in [0.25, 0.3) is 11.8 Å². The summed E-state index contributed by atoms with van der Waals surface area (Å²) in [6, 6.07) is 23.3. The number of carbonyl (C=O) groups is 5. The summed E-state index contributed by atoms with van der Waals surface area (Å²) < 4.78 is 29.3. The second-order valence-corrected chi connectivity index (χ2v) is 16.2. The number of nitrogens with one attached hydrogen (secondary N) is 3. The lowest BCUT2D eigenvalue weighted by molar-refractivity contribution is -0.136. The number of hydrogen-bond donors (Lipinski definition) is 4. The first-order chi connectivity index (χ1) is 28.3. The number of sulfone groups is 1. The molecule has 5 amide bonds. The molecule has 3 aliphatic rings. The maximum Gasteiger partial charge on any atom is 0.262 e. The van der Waals surface area contributed by atoms with E-state index in [0.29, 0.717) is 56.5 Å². The average Bonchev–Trinajstić information content (AvgIpc) is 3.47. The van der Waals surface area contributed by atoms with Gasteiger partial charge in [-0.2, -0.15) is 4.99 Å². The van der Waals surface area contributed by atoms with Crippen LogP contribution in [0.4, 0.5) is 22.9 Å². The van der Waals surface area contributed by atoms with Gasteiger partial charge in [0.15, 0.2) is 21.6 Å². The van der Waals surface area contributed by atoms with Gasteiger partial charge in [-0.25, -0.2) is 13.4 Å². The largest absolute Gasteiger partial charge is 0.383 e. The lowest BCUT2D eigenvalue weighted by Crippen LogP contribution is -2.54. The molecule has 2 fully saturated rings. The molecule has 5 N–H and O–H groups in total. The fraction of sp³-hybridized carbons (Fsp3) is 0.293. The Labute approximate surface area is 340 Å². The second kappa shape index (κ2) is 17.5. The normalized spacial score (nSPS) is 17.2. The Morgan fingerprint density at radius 3 is 2.32 bits per heavy atom. The first-order valence-corrected chi connectivity index (χ1v) is 20.9. The molecule has 4 heterocycles. The van der Waals surface area contributed by atoms with Crippen molar-refractivity contribution in [1.29, 1.82) is 0 Å². The maximum absolute atomic E-state index is 13.1. The number of aliphatic imine (C=N–C) groups is 1. The monoisotopic (exact) mass is 821 g/mol. The maximum atomic E-state index is 13.1. The zero-order valence-electron chi connectivity index (χ0n) is 32.2. The number of rotatable bonds is 13. The minimum absolute atomic E-state index is 0.0131. The van der Waals surface area contributed by atoms with Crippen LogP contribution in [0.1, 0.15) is 40.0 Å². The smallest absolute Gasteiger partial charge is 0.262 e. The van der Waals surface area contributed by atoms with Crippen LogP contribution < -0.4 is 26.6 Å². The number of anilines is 3. The molecule has 1 unspecified atom stereocenters. The van der Waals surface area contributed by atoms with E-state index < -0.39 is 39.5 Å². The van der Waals surface area contributed by atoms with Gasteiger partial charge >= 0.3 is 0 Å². The van der Waals surface area contributed by atoms with Crippen LogP contribution in [0.15, 0.2) is 94.8 Å². The van der Waals surface area contributed by atoms with Crippen LogP contribution >= 0.6 is 0 Å². The molecule has 306 valence electrons. The Hall–Kier alpha value is -6.66. The van der Waals surface area contributed by atoms with Gasteiger partial charge in [-0.15, -0.1) is 0 Å². The van der Waals surface area contributed by atoms with Crippen LogP contribution in [-0.4, -0.2) is 117 Å². The summed E-state index contributed by atoms with van der Waals surface area (Å²) in [4.78, 5) is 76.8. The Bertz CT molecular complexity index is 2420. The molecule has 3 aliphatic heterocycles. The van der Waals surface area contributed by atoms with E-state index in [-0.39, 0.29) is 53.8 Å². The zero-order valence-corrected chi connectivity index (χ0v) is 33.0. The van der Waals surface area contributed by atoms with E-state index in [1.807, 2.05) is 35.2 Å². The number of nitrogens with two attached hydrogens (primary N) is 1. The minimum atomic E-state index is -3.30. The molecule has 0 radical (unpaired) electrons. The highest BCUT2D eigenvalue weighted by atomic mass is 32.2. The SMILES string of the molecule is CS(=O)(=O)c1ccc(-c2cccc(N=C(N)Nc3ccc(N4CCN(C(=O)CCOCCNc5ccc6c(c5)C(=O)N(C5CCC(=O)NC5=O)C6=O)CC4)cc3)n2)cc1. The number of carbonyl (C=O) groups excluding carboxylic acids is 5. The van der Waals surface area contributed by atoms with Crippen molar-refractivity contribution >= 4 is 68.2 Å². The molecule has 2 saturated heterocycles. The van der Waals surface area contributed by atoms with E-state index in [1.165, 1.54) is 0 Å². The first kappa shape index (κ1) is 40.5. The zero-order chi connectivity index (χ0) is 41.7. The number of amides is 5. The van der Waals surface area contributed by atoms with Gasteiger partial charge in [0.1, 0.15) is 6.04 Å². The number of nitrogens with zero attached hydrogens (tertiary/aromatic N) is 5. The topological polar surface area (TPSA) is 226 Å². The molecule has 0 aliphatic carbocycles. The number of pyridine rings is 1. The van der Waals surface area contributed by atoms with Gasteiger partial charge in [0, 0.05) is 68.0 Å². The van der Waals surface area contributed by atoms with E-state index in [0.717, 1.165) is 28.1 Å². The summed E-state index contributed by atoms with van der Waals surface area (Å²) in [5.41, 5.74) is 10.3. The predicted octanol–water partition coefficient (Wildman–Crippen LogP) is 2.78. The van der Waals surface area contributed by atoms with E-state index in [4.69, 9.17) is 10.5 Å². The molecule has 0 spiro atoms. The minimum Gasteiger partial charge on any atom is -0.383 e.